The number of fused-ring (bicyclic) bond motifs is 1. The lowest BCUT2D eigenvalue weighted by Gasteiger charge is -2.43. The quantitative estimate of drug-likeness (QED) is 0.493. The van der Waals surface area contributed by atoms with E-state index in [1.165, 1.54) is 24.3 Å². The minimum atomic E-state index is -0.879. The first kappa shape index (κ1) is 21.1. The number of hydrogen-bond donors (Lipinski definition) is 5. The number of anilines is 2. The van der Waals surface area contributed by atoms with Crippen LogP contribution in [-0.4, -0.2) is 30.2 Å². The molecule has 4 rings (SSSR count). The van der Waals surface area contributed by atoms with E-state index in [9.17, 15) is 18.8 Å². The molecule has 31 heavy (non-hydrogen) atoms. The highest BCUT2D eigenvalue weighted by atomic mass is 35.5. The molecule has 4 unspecified atom stereocenters. The van der Waals surface area contributed by atoms with E-state index in [-0.39, 0.29) is 18.1 Å². The summed E-state index contributed by atoms with van der Waals surface area (Å²) in [6, 6.07) is 10.8. The number of carbonyl (C=O) groups excluding carboxylic acids is 3. The van der Waals surface area contributed by atoms with Crippen molar-refractivity contribution in [3.8, 4) is 0 Å². The third-order valence-corrected chi connectivity index (χ3v) is 5.64. The summed E-state index contributed by atoms with van der Waals surface area (Å²) in [6.07, 6.45) is -1.59. The van der Waals surface area contributed by atoms with Crippen LogP contribution in [0, 0.1) is 24.6 Å². The topological polar surface area (TPSA) is 111 Å². The van der Waals surface area contributed by atoms with Crippen molar-refractivity contribution >= 4 is 40.7 Å². The fourth-order valence-corrected chi connectivity index (χ4v) is 4.10. The lowest BCUT2D eigenvalue weighted by Crippen LogP contribution is -2.72. The highest BCUT2D eigenvalue weighted by Crippen LogP contribution is 2.30. The van der Waals surface area contributed by atoms with Gasteiger partial charge < -0.3 is 21.3 Å². The molecule has 2 aromatic rings. The fraction of sp³-hybridized carbons (Fsp3) is 0.286. The van der Waals surface area contributed by atoms with Gasteiger partial charge in [-0.2, -0.15) is 0 Å². The second kappa shape index (κ2) is 8.52. The van der Waals surface area contributed by atoms with Gasteiger partial charge in [0.1, 0.15) is 5.82 Å². The summed E-state index contributed by atoms with van der Waals surface area (Å²) in [5.74, 6) is -3.27. The van der Waals surface area contributed by atoms with Crippen LogP contribution in [0.1, 0.15) is 12.0 Å². The van der Waals surface area contributed by atoms with Gasteiger partial charge in [-0.05, 0) is 48.9 Å². The van der Waals surface area contributed by atoms with Crippen LogP contribution in [0.4, 0.5) is 15.8 Å². The van der Waals surface area contributed by atoms with Crippen LogP contribution < -0.4 is 26.6 Å². The molecular weight excluding hydrogens is 425 g/mol. The molecular formula is C21H21ClFN5O3. The molecule has 2 aromatic carbocycles. The molecule has 2 fully saturated rings. The van der Waals surface area contributed by atoms with Gasteiger partial charge >= 0.3 is 0 Å². The summed E-state index contributed by atoms with van der Waals surface area (Å²) in [7, 11) is 0. The van der Waals surface area contributed by atoms with Crippen molar-refractivity contribution in [2.75, 3.05) is 10.6 Å². The number of carbonyl (C=O) groups is 3. The number of halogens is 2. The SMILES string of the molecule is Cc1ccc(NC(=O)C2CC(=O)NC3NC(Nc4ccc(F)cc4)NC(=O)C32)c(Cl)c1. The van der Waals surface area contributed by atoms with Crippen molar-refractivity contribution in [1.82, 2.24) is 16.0 Å². The lowest BCUT2D eigenvalue weighted by atomic mass is 9.81. The Morgan fingerprint density at radius 2 is 1.87 bits per heavy atom. The van der Waals surface area contributed by atoms with Gasteiger partial charge in [0.05, 0.1) is 28.7 Å². The van der Waals surface area contributed by atoms with Gasteiger partial charge in [0.2, 0.25) is 17.7 Å². The Morgan fingerprint density at radius 3 is 2.58 bits per heavy atom. The maximum Gasteiger partial charge on any atom is 0.229 e. The molecule has 2 saturated heterocycles. The first-order valence-corrected chi connectivity index (χ1v) is 10.1. The average molecular weight is 446 g/mol. The smallest absolute Gasteiger partial charge is 0.229 e. The number of aryl methyl sites for hydroxylation is 1. The predicted octanol–water partition coefficient (Wildman–Crippen LogP) is 1.92. The summed E-state index contributed by atoms with van der Waals surface area (Å²) in [5.41, 5.74) is 1.93. The molecule has 2 aliphatic rings. The van der Waals surface area contributed by atoms with Crippen molar-refractivity contribution < 1.29 is 18.8 Å². The zero-order valence-electron chi connectivity index (χ0n) is 16.5. The van der Waals surface area contributed by atoms with Crippen LogP contribution in [0.3, 0.4) is 0 Å². The Labute approximate surface area is 182 Å². The predicted molar refractivity (Wildman–Crippen MR) is 113 cm³/mol. The second-order valence-corrected chi connectivity index (χ2v) is 8.02. The average Bonchev–Trinajstić information content (AvgIpc) is 2.71. The molecule has 0 aromatic heterocycles. The fourth-order valence-electron chi connectivity index (χ4n) is 3.81. The molecule has 162 valence electrons. The zero-order chi connectivity index (χ0) is 22.1. The van der Waals surface area contributed by atoms with Gasteiger partial charge in [-0.1, -0.05) is 17.7 Å². The minimum absolute atomic E-state index is 0.123. The van der Waals surface area contributed by atoms with Crippen LogP contribution in [-0.2, 0) is 14.4 Å². The Morgan fingerprint density at radius 1 is 1.13 bits per heavy atom. The standard InChI is InChI=1S/C21H21ClFN5O3/c1-10-2-7-15(14(22)8-10)25-19(30)13-9-16(29)26-18-17(13)20(31)28-21(27-18)24-12-5-3-11(23)4-6-12/h2-8,13,17-18,21,24,27H,9H2,1H3,(H,25,30)(H,26,29)(H,28,31). The molecule has 0 aliphatic carbocycles. The number of nitrogens with one attached hydrogen (secondary N) is 5. The second-order valence-electron chi connectivity index (χ2n) is 7.61. The Bertz CT molecular complexity index is 1030. The van der Waals surface area contributed by atoms with E-state index in [0.717, 1.165) is 5.56 Å². The van der Waals surface area contributed by atoms with Crippen molar-refractivity contribution in [3.05, 3.63) is 58.9 Å². The Kier molecular flexibility index (Phi) is 5.79. The van der Waals surface area contributed by atoms with Gasteiger partial charge in [-0.15, -0.1) is 0 Å². The van der Waals surface area contributed by atoms with Crippen molar-refractivity contribution in [3.63, 3.8) is 0 Å². The molecule has 0 radical (unpaired) electrons. The van der Waals surface area contributed by atoms with E-state index in [0.29, 0.717) is 16.4 Å². The van der Waals surface area contributed by atoms with E-state index < -0.39 is 36.1 Å². The first-order chi connectivity index (χ1) is 14.8. The molecule has 8 nitrogen and oxygen atoms in total. The number of benzene rings is 2. The molecule has 0 spiro atoms. The molecule has 0 bridgehead atoms. The van der Waals surface area contributed by atoms with Gasteiger partial charge in [-0.3, -0.25) is 19.7 Å². The number of piperidine rings is 1. The van der Waals surface area contributed by atoms with Crippen LogP contribution >= 0.6 is 11.6 Å². The Hall–Kier alpha value is -3.17. The molecule has 3 amide bonds. The van der Waals surface area contributed by atoms with Crippen LogP contribution in [0.2, 0.25) is 5.02 Å². The third-order valence-electron chi connectivity index (χ3n) is 5.32. The highest BCUT2D eigenvalue weighted by molar-refractivity contribution is 6.33. The van der Waals surface area contributed by atoms with Gasteiger partial charge in [0.25, 0.3) is 0 Å². The zero-order valence-corrected chi connectivity index (χ0v) is 17.3. The molecule has 2 aliphatic heterocycles. The molecule has 5 N–H and O–H groups in total. The number of rotatable bonds is 4. The van der Waals surface area contributed by atoms with Gasteiger partial charge in [0, 0.05) is 12.1 Å². The summed E-state index contributed by atoms with van der Waals surface area (Å²) < 4.78 is 13.1. The summed E-state index contributed by atoms with van der Waals surface area (Å²) >= 11 is 6.20. The van der Waals surface area contributed by atoms with E-state index in [4.69, 9.17) is 11.6 Å². The molecule has 10 heteroatoms. The van der Waals surface area contributed by atoms with Crippen LogP contribution in [0.5, 0.6) is 0 Å². The normalized spacial score (nSPS) is 25.1. The maximum atomic E-state index is 13.1. The molecule has 4 atom stereocenters. The van der Waals surface area contributed by atoms with E-state index in [1.807, 2.05) is 6.92 Å². The van der Waals surface area contributed by atoms with E-state index in [2.05, 4.69) is 26.6 Å². The minimum Gasteiger partial charge on any atom is -0.353 e. The van der Waals surface area contributed by atoms with Crippen molar-refractivity contribution in [1.29, 1.82) is 0 Å². The lowest BCUT2D eigenvalue weighted by molar-refractivity contribution is -0.144. The monoisotopic (exact) mass is 445 g/mol. The first-order valence-electron chi connectivity index (χ1n) is 9.75. The van der Waals surface area contributed by atoms with Gasteiger partial charge in [-0.25, -0.2) is 4.39 Å². The summed E-state index contributed by atoms with van der Waals surface area (Å²) in [6.45, 7) is 1.88. The summed E-state index contributed by atoms with van der Waals surface area (Å²) in [4.78, 5) is 38.1. The van der Waals surface area contributed by atoms with E-state index in [1.54, 1.807) is 18.2 Å². The number of amides is 3. The largest absolute Gasteiger partial charge is 0.353 e. The maximum absolute atomic E-state index is 13.1. The molecule has 2 heterocycles. The van der Waals surface area contributed by atoms with E-state index >= 15 is 0 Å². The summed E-state index contributed by atoms with van der Waals surface area (Å²) in [5, 5.41) is 14.7. The van der Waals surface area contributed by atoms with Crippen LogP contribution in [0.15, 0.2) is 42.5 Å². The van der Waals surface area contributed by atoms with Crippen LogP contribution in [0.25, 0.3) is 0 Å². The van der Waals surface area contributed by atoms with Crippen molar-refractivity contribution in [2.45, 2.75) is 25.8 Å². The van der Waals surface area contributed by atoms with Crippen molar-refractivity contribution in [2.24, 2.45) is 11.8 Å². The highest BCUT2D eigenvalue weighted by Gasteiger charge is 2.48. The Balaban J connectivity index is 1.48. The number of hydrogen-bond acceptors (Lipinski definition) is 5. The third kappa shape index (κ3) is 4.62. The van der Waals surface area contributed by atoms with Gasteiger partial charge in [0.15, 0.2) is 6.29 Å². The molecule has 0 saturated carbocycles.